The zero-order valence-electron chi connectivity index (χ0n) is 10.4. The largest absolute Gasteiger partial charge is 0.427 e. The van der Waals surface area contributed by atoms with E-state index in [0.29, 0.717) is 6.42 Å². The van der Waals surface area contributed by atoms with Crippen molar-refractivity contribution in [1.82, 2.24) is 10.2 Å². The molecule has 0 saturated carbocycles. The second-order valence-electron chi connectivity index (χ2n) is 4.80. The van der Waals surface area contributed by atoms with Gasteiger partial charge < -0.3 is 5.11 Å². The van der Waals surface area contributed by atoms with Gasteiger partial charge in [0.25, 0.3) is 11.8 Å². The second kappa shape index (κ2) is 4.38. The van der Waals surface area contributed by atoms with E-state index in [9.17, 15) is 18.8 Å². The number of amides is 3. The lowest BCUT2D eigenvalue weighted by Crippen LogP contribution is -2.55. The molecule has 0 bridgehead atoms. The molecule has 2 heterocycles. The highest BCUT2D eigenvalue weighted by atomic mass is 19.1. The number of hydrogen-bond donors (Lipinski definition) is 1. The number of benzene rings is 1. The van der Waals surface area contributed by atoms with E-state index in [1.807, 2.05) is 0 Å². The first-order valence-electron chi connectivity index (χ1n) is 6.18. The number of halogens is 1. The maximum atomic E-state index is 13.7. The highest BCUT2D eigenvalue weighted by molar-refractivity contribution is 6.23. The van der Waals surface area contributed by atoms with Gasteiger partial charge in [0.2, 0.25) is 12.1 Å². The third kappa shape index (κ3) is 1.70. The molecule has 1 aromatic carbocycles. The molecule has 7 heteroatoms. The number of fused-ring (bicyclic) bond motifs is 1. The van der Waals surface area contributed by atoms with Gasteiger partial charge in [-0.25, -0.2) is 4.39 Å². The fourth-order valence-corrected chi connectivity index (χ4v) is 2.59. The van der Waals surface area contributed by atoms with E-state index in [-0.39, 0.29) is 17.5 Å². The number of carbonyl (C=O) groups excluding carboxylic acids is 3. The minimum absolute atomic E-state index is 0.0178. The quantitative estimate of drug-likeness (QED) is 0.568. The molecular weight excluding hydrogens is 267 g/mol. The summed E-state index contributed by atoms with van der Waals surface area (Å²) < 4.78 is 13.7. The van der Waals surface area contributed by atoms with Gasteiger partial charge in [-0.2, -0.15) is 0 Å². The Balaban J connectivity index is 1.98. The third-order valence-corrected chi connectivity index (χ3v) is 3.56. The predicted molar refractivity (Wildman–Crippen MR) is 65.5 cm³/mol. The van der Waals surface area contributed by atoms with Gasteiger partial charge in [-0.1, -0.05) is 6.07 Å². The molecular formula is C13H12FN2O4+. The van der Waals surface area contributed by atoms with Crippen molar-refractivity contribution in [3.05, 3.63) is 35.1 Å². The average molecular weight is 279 g/mol. The summed E-state index contributed by atoms with van der Waals surface area (Å²) in [7, 11) is 0. The van der Waals surface area contributed by atoms with Crippen molar-refractivity contribution in [2.45, 2.75) is 25.1 Å². The van der Waals surface area contributed by atoms with Crippen molar-refractivity contribution < 1.29 is 23.9 Å². The summed E-state index contributed by atoms with van der Waals surface area (Å²) in [5.41, 5.74) is -0.297. The average Bonchev–Trinajstić information content (AvgIpc) is 2.64. The SMILES string of the molecule is O=C1NC([OH2+])CCC1N1C(=O)c2cccc(F)c2C1=O. The van der Waals surface area contributed by atoms with Crippen LogP contribution in [0.1, 0.15) is 33.6 Å². The molecule has 0 radical (unpaired) electrons. The number of nitrogens with one attached hydrogen (secondary N) is 1. The van der Waals surface area contributed by atoms with Gasteiger partial charge in [0, 0.05) is 6.42 Å². The number of rotatable bonds is 1. The van der Waals surface area contributed by atoms with Crippen LogP contribution >= 0.6 is 0 Å². The maximum absolute atomic E-state index is 13.7. The summed E-state index contributed by atoms with van der Waals surface area (Å²) in [6.45, 7) is 0. The van der Waals surface area contributed by atoms with E-state index < -0.39 is 35.8 Å². The Kier molecular flexibility index (Phi) is 2.79. The lowest BCUT2D eigenvalue weighted by atomic mass is 10.0. The smallest absolute Gasteiger partial charge is 0.265 e. The number of hydrogen-bond acceptors (Lipinski definition) is 3. The Hall–Kier alpha value is -2.28. The zero-order valence-corrected chi connectivity index (χ0v) is 10.4. The van der Waals surface area contributed by atoms with Gasteiger partial charge in [0.1, 0.15) is 11.9 Å². The Morgan fingerprint density at radius 2 is 1.95 bits per heavy atom. The maximum Gasteiger partial charge on any atom is 0.265 e. The van der Waals surface area contributed by atoms with Crippen LogP contribution in [0.25, 0.3) is 0 Å². The summed E-state index contributed by atoms with van der Waals surface area (Å²) in [5, 5.41) is 9.82. The zero-order chi connectivity index (χ0) is 14.4. The van der Waals surface area contributed by atoms with Gasteiger partial charge >= 0.3 is 0 Å². The van der Waals surface area contributed by atoms with Gasteiger partial charge in [-0.05, 0) is 18.6 Å². The summed E-state index contributed by atoms with van der Waals surface area (Å²) in [5.74, 6) is -2.76. The lowest BCUT2D eigenvalue weighted by Gasteiger charge is -2.29. The van der Waals surface area contributed by atoms with Crippen LogP contribution in [-0.4, -0.2) is 40.0 Å². The lowest BCUT2D eigenvalue weighted by molar-refractivity contribution is -0.131. The van der Waals surface area contributed by atoms with Crippen molar-refractivity contribution >= 4 is 17.7 Å². The third-order valence-electron chi connectivity index (χ3n) is 3.56. The Labute approximate surface area is 113 Å². The van der Waals surface area contributed by atoms with Crippen LogP contribution in [0.5, 0.6) is 0 Å². The second-order valence-corrected chi connectivity index (χ2v) is 4.80. The molecule has 1 saturated heterocycles. The van der Waals surface area contributed by atoms with E-state index in [0.717, 1.165) is 11.0 Å². The highest BCUT2D eigenvalue weighted by Gasteiger charge is 2.46. The Bertz CT molecular complexity index is 631. The van der Waals surface area contributed by atoms with Crippen molar-refractivity contribution in [3.63, 3.8) is 0 Å². The van der Waals surface area contributed by atoms with E-state index >= 15 is 0 Å². The van der Waals surface area contributed by atoms with Gasteiger partial charge in [-0.3, -0.25) is 24.6 Å². The minimum Gasteiger partial charge on any atom is -0.427 e. The van der Waals surface area contributed by atoms with Gasteiger partial charge in [-0.15, -0.1) is 0 Å². The standard InChI is InChI=1S/C13H11FN2O4/c14-7-3-1-2-6-10(7)13(20)16(12(6)19)8-4-5-9(17)15-11(8)18/h1-3,8-9,17H,4-5H2,(H,15,18)/p+1. The van der Waals surface area contributed by atoms with Crippen molar-refractivity contribution in [2.75, 3.05) is 0 Å². The van der Waals surface area contributed by atoms with Crippen LogP contribution in [0, 0.1) is 5.82 Å². The first-order chi connectivity index (χ1) is 9.50. The molecule has 3 N–H and O–H groups in total. The molecule has 2 atom stereocenters. The number of carbonyl (C=O) groups is 3. The summed E-state index contributed by atoms with van der Waals surface area (Å²) >= 11 is 0. The topological polar surface area (TPSA) is 89.4 Å². The minimum atomic E-state index is -0.969. The molecule has 3 amide bonds. The van der Waals surface area contributed by atoms with Crippen molar-refractivity contribution in [2.24, 2.45) is 0 Å². The molecule has 20 heavy (non-hydrogen) atoms. The molecule has 3 rings (SSSR count). The fraction of sp³-hybridized carbons (Fsp3) is 0.308. The molecule has 1 aromatic rings. The van der Waals surface area contributed by atoms with Gasteiger partial charge in [0.15, 0.2) is 0 Å². The van der Waals surface area contributed by atoms with Crippen molar-refractivity contribution in [1.29, 1.82) is 0 Å². The molecule has 2 aliphatic rings. The Morgan fingerprint density at radius 3 is 2.60 bits per heavy atom. The van der Waals surface area contributed by atoms with E-state index in [4.69, 9.17) is 5.11 Å². The number of imide groups is 1. The first kappa shape index (κ1) is 12.7. The fourth-order valence-electron chi connectivity index (χ4n) is 2.59. The van der Waals surface area contributed by atoms with Crippen LogP contribution in [0.4, 0.5) is 4.39 Å². The molecule has 2 unspecified atom stereocenters. The molecule has 0 spiro atoms. The molecule has 104 valence electrons. The predicted octanol–water partition coefficient (Wildman–Crippen LogP) is -0.249. The summed E-state index contributed by atoms with van der Waals surface area (Å²) in [6, 6.07) is 2.85. The number of piperidine rings is 1. The molecule has 6 nitrogen and oxygen atoms in total. The highest BCUT2D eigenvalue weighted by Crippen LogP contribution is 2.29. The van der Waals surface area contributed by atoms with E-state index in [1.54, 1.807) is 0 Å². The first-order valence-corrected chi connectivity index (χ1v) is 6.18. The molecule has 0 aliphatic carbocycles. The molecule has 0 aromatic heterocycles. The summed E-state index contributed by atoms with van der Waals surface area (Å²) in [4.78, 5) is 37.0. The van der Waals surface area contributed by atoms with Crippen LogP contribution in [0.3, 0.4) is 0 Å². The van der Waals surface area contributed by atoms with Crippen LogP contribution in [-0.2, 0) is 4.79 Å². The Morgan fingerprint density at radius 1 is 1.20 bits per heavy atom. The van der Waals surface area contributed by atoms with Crippen LogP contribution in [0.15, 0.2) is 18.2 Å². The van der Waals surface area contributed by atoms with Crippen molar-refractivity contribution in [3.8, 4) is 0 Å². The molecule has 1 fully saturated rings. The van der Waals surface area contributed by atoms with Crippen LogP contribution < -0.4 is 5.32 Å². The van der Waals surface area contributed by atoms with E-state index in [1.165, 1.54) is 12.1 Å². The summed E-state index contributed by atoms with van der Waals surface area (Å²) in [6.07, 6.45) is -0.176. The van der Waals surface area contributed by atoms with Crippen LogP contribution in [0.2, 0.25) is 0 Å². The monoisotopic (exact) mass is 279 g/mol. The molecule has 2 aliphatic heterocycles. The number of nitrogens with zero attached hydrogens (tertiary/aromatic N) is 1. The van der Waals surface area contributed by atoms with Gasteiger partial charge in [0.05, 0.1) is 11.1 Å². The van der Waals surface area contributed by atoms with E-state index in [2.05, 4.69) is 5.32 Å². The normalized spacial score (nSPS) is 25.7.